The van der Waals surface area contributed by atoms with Crippen molar-refractivity contribution in [2.45, 2.75) is 90.6 Å². The van der Waals surface area contributed by atoms with Crippen LogP contribution in [-0.4, -0.2) is 11.0 Å². The third kappa shape index (κ3) is 19.7. The standard InChI is InChI=1S/C30H43NO2/c1-2-3-4-5-6-7-8-9-10-11-12-13-14-15-16-17-18-19-20-21-22-25-30(32)33-28-29-24-23-26-31-27-29/h3-4,6-7,9-10,12-13,15-16,23-24,26-27H,2,5,8,11,14,17-22,25,28H2,1H3/b4-3-,7-6-,10-9-,13-12-,16-15-. The molecule has 180 valence electrons. The van der Waals surface area contributed by atoms with E-state index in [9.17, 15) is 4.79 Å². The first kappa shape index (κ1) is 28.4. The molecule has 0 N–H and O–H groups in total. The molecule has 0 aliphatic heterocycles. The largest absolute Gasteiger partial charge is 0.461 e. The molecule has 0 aromatic carbocycles. The number of pyridine rings is 1. The lowest BCUT2D eigenvalue weighted by atomic mass is 10.1. The molecule has 1 aromatic heterocycles. The molecule has 1 heterocycles. The van der Waals surface area contributed by atoms with E-state index in [0.717, 1.165) is 56.9 Å². The minimum Gasteiger partial charge on any atom is -0.461 e. The van der Waals surface area contributed by atoms with Gasteiger partial charge in [-0.25, -0.2) is 0 Å². The Morgan fingerprint density at radius 2 is 1.36 bits per heavy atom. The van der Waals surface area contributed by atoms with Gasteiger partial charge >= 0.3 is 5.97 Å². The molecule has 1 rings (SSSR count). The molecule has 0 fully saturated rings. The first-order chi connectivity index (χ1) is 16.3. The fraction of sp³-hybridized carbons (Fsp3) is 0.467. The van der Waals surface area contributed by atoms with Crippen LogP contribution in [0.5, 0.6) is 0 Å². The highest BCUT2D eigenvalue weighted by molar-refractivity contribution is 5.69. The van der Waals surface area contributed by atoms with Gasteiger partial charge in [0.1, 0.15) is 6.61 Å². The minimum absolute atomic E-state index is 0.113. The average Bonchev–Trinajstić information content (AvgIpc) is 2.84. The summed E-state index contributed by atoms with van der Waals surface area (Å²) >= 11 is 0. The zero-order chi connectivity index (χ0) is 23.7. The molecule has 3 heteroatoms. The number of carbonyl (C=O) groups is 1. The maximum atomic E-state index is 11.8. The molecular weight excluding hydrogens is 406 g/mol. The fourth-order valence-corrected chi connectivity index (χ4v) is 3.15. The first-order valence-electron chi connectivity index (χ1n) is 12.6. The van der Waals surface area contributed by atoms with Crippen LogP contribution < -0.4 is 0 Å². The van der Waals surface area contributed by atoms with Crippen molar-refractivity contribution in [2.75, 3.05) is 0 Å². The summed E-state index contributed by atoms with van der Waals surface area (Å²) in [4.78, 5) is 15.8. The minimum atomic E-state index is -0.113. The van der Waals surface area contributed by atoms with Gasteiger partial charge in [0.15, 0.2) is 0 Å². The molecule has 0 aliphatic rings. The summed E-state index contributed by atoms with van der Waals surface area (Å²) in [5, 5.41) is 0. The van der Waals surface area contributed by atoms with Crippen LogP contribution in [0.1, 0.15) is 89.5 Å². The lowest BCUT2D eigenvalue weighted by Gasteiger charge is -2.04. The van der Waals surface area contributed by atoms with Crippen molar-refractivity contribution in [2.24, 2.45) is 0 Å². The van der Waals surface area contributed by atoms with Crippen LogP contribution in [0.25, 0.3) is 0 Å². The molecular formula is C30H43NO2. The van der Waals surface area contributed by atoms with Gasteiger partial charge < -0.3 is 4.74 Å². The summed E-state index contributed by atoms with van der Waals surface area (Å²) in [5.41, 5.74) is 0.931. The predicted molar refractivity (Wildman–Crippen MR) is 141 cm³/mol. The maximum Gasteiger partial charge on any atom is 0.306 e. The van der Waals surface area contributed by atoms with Crippen molar-refractivity contribution < 1.29 is 9.53 Å². The zero-order valence-electron chi connectivity index (χ0n) is 20.5. The summed E-state index contributed by atoms with van der Waals surface area (Å²) < 4.78 is 5.27. The number of aromatic nitrogens is 1. The first-order valence-corrected chi connectivity index (χ1v) is 12.6. The van der Waals surface area contributed by atoms with Gasteiger partial charge in [0, 0.05) is 24.4 Å². The predicted octanol–water partition coefficient (Wildman–Crippen LogP) is 8.61. The number of nitrogens with zero attached hydrogens (tertiary/aromatic N) is 1. The number of unbranched alkanes of at least 4 members (excludes halogenated alkanes) is 5. The van der Waals surface area contributed by atoms with Gasteiger partial charge in [-0.05, 0) is 57.4 Å². The van der Waals surface area contributed by atoms with E-state index in [1.807, 2.05) is 12.1 Å². The Balaban J connectivity index is 1.86. The molecule has 0 radical (unpaired) electrons. The smallest absolute Gasteiger partial charge is 0.306 e. The van der Waals surface area contributed by atoms with Gasteiger partial charge in [0.25, 0.3) is 0 Å². The van der Waals surface area contributed by atoms with Crippen LogP contribution >= 0.6 is 0 Å². The van der Waals surface area contributed by atoms with E-state index in [0.29, 0.717) is 13.0 Å². The van der Waals surface area contributed by atoms with Crippen LogP contribution in [0.15, 0.2) is 85.3 Å². The average molecular weight is 450 g/mol. The van der Waals surface area contributed by atoms with Gasteiger partial charge in [-0.15, -0.1) is 0 Å². The summed E-state index contributed by atoms with van der Waals surface area (Å²) in [5.74, 6) is -0.113. The van der Waals surface area contributed by atoms with Crippen molar-refractivity contribution in [1.82, 2.24) is 4.98 Å². The topological polar surface area (TPSA) is 39.2 Å². The highest BCUT2D eigenvalue weighted by Crippen LogP contribution is 2.09. The molecule has 0 aliphatic carbocycles. The molecule has 0 saturated carbocycles. The van der Waals surface area contributed by atoms with Gasteiger partial charge in [0.2, 0.25) is 0 Å². The van der Waals surface area contributed by atoms with Crippen molar-refractivity contribution in [3.63, 3.8) is 0 Å². The quantitative estimate of drug-likeness (QED) is 0.121. The van der Waals surface area contributed by atoms with Gasteiger partial charge in [-0.2, -0.15) is 0 Å². The molecule has 0 amide bonds. The van der Waals surface area contributed by atoms with E-state index in [2.05, 4.69) is 72.7 Å². The Kier molecular flexibility index (Phi) is 19.3. The summed E-state index contributed by atoms with van der Waals surface area (Å²) in [6, 6.07) is 3.76. The molecule has 0 bridgehead atoms. The number of hydrogen-bond donors (Lipinski definition) is 0. The number of hydrogen-bond acceptors (Lipinski definition) is 3. The van der Waals surface area contributed by atoms with E-state index < -0.39 is 0 Å². The normalized spacial score (nSPS) is 12.3. The van der Waals surface area contributed by atoms with Gasteiger partial charge in [-0.3, -0.25) is 9.78 Å². The summed E-state index contributed by atoms with van der Waals surface area (Å²) in [7, 11) is 0. The monoisotopic (exact) mass is 449 g/mol. The number of allylic oxidation sites excluding steroid dienone is 10. The second-order valence-corrected chi connectivity index (χ2v) is 8.04. The van der Waals surface area contributed by atoms with Gasteiger partial charge in [0.05, 0.1) is 0 Å². The number of ether oxygens (including phenoxy) is 1. The van der Waals surface area contributed by atoms with E-state index >= 15 is 0 Å². The van der Waals surface area contributed by atoms with Crippen LogP contribution in [0.3, 0.4) is 0 Å². The van der Waals surface area contributed by atoms with Crippen LogP contribution in [0.4, 0.5) is 0 Å². The van der Waals surface area contributed by atoms with E-state index in [1.54, 1.807) is 12.4 Å². The molecule has 1 aromatic rings. The molecule has 33 heavy (non-hydrogen) atoms. The maximum absolute atomic E-state index is 11.8. The van der Waals surface area contributed by atoms with E-state index in [1.165, 1.54) is 19.3 Å². The van der Waals surface area contributed by atoms with Crippen LogP contribution in [-0.2, 0) is 16.1 Å². The second kappa shape index (κ2) is 22.5. The van der Waals surface area contributed by atoms with Crippen molar-refractivity contribution in [1.29, 1.82) is 0 Å². The third-order valence-corrected chi connectivity index (χ3v) is 5.03. The van der Waals surface area contributed by atoms with Crippen molar-refractivity contribution in [3.8, 4) is 0 Å². The highest BCUT2D eigenvalue weighted by Gasteiger charge is 2.03. The molecule has 0 saturated heterocycles. The molecule has 3 nitrogen and oxygen atoms in total. The van der Waals surface area contributed by atoms with E-state index in [4.69, 9.17) is 4.74 Å². The second-order valence-electron chi connectivity index (χ2n) is 8.04. The summed E-state index contributed by atoms with van der Waals surface area (Å²) in [6.07, 6.45) is 38.2. The SMILES string of the molecule is CC/C=C\C/C=C\C/C=C\C/C=C\C/C=C\CCCCCCCC(=O)OCc1cccnc1. The zero-order valence-corrected chi connectivity index (χ0v) is 20.5. The Morgan fingerprint density at radius 3 is 1.97 bits per heavy atom. The number of rotatable bonds is 19. The Bertz CT molecular complexity index is 729. The Labute approximate surface area is 202 Å². The van der Waals surface area contributed by atoms with Crippen LogP contribution in [0, 0.1) is 0 Å². The van der Waals surface area contributed by atoms with Gasteiger partial charge in [-0.1, -0.05) is 93.0 Å². The molecule has 0 spiro atoms. The lowest BCUT2D eigenvalue weighted by Crippen LogP contribution is -2.04. The van der Waals surface area contributed by atoms with E-state index in [-0.39, 0.29) is 5.97 Å². The summed E-state index contributed by atoms with van der Waals surface area (Å²) in [6.45, 7) is 2.48. The third-order valence-electron chi connectivity index (χ3n) is 5.03. The fourth-order valence-electron chi connectivity index (χ4n) is 3.15. The number of esters is 1. The molecule has 0 atom stereocenters. The highest BCUT2D eigenvalue weighted by atomic mass is 16.5. The Hall–Kier alpha value is -2.68. The lowest BCUT2D eigenvalue weighted by molar-refractivity contribution is -0.145. The molecule has 0 unspecified atom stereocenters. The Morgan fingerprint density at radius 1 is 0.788 bits per heavy atom. The van der Waals surface area contributed by atoms with Crippen molar-refractivity contribution >= 4 is 5.97 Å². The number of carbonyl (C=O) groups excluding carboxylic acids is 1. The van der Waals surface area contributed by atoms with Crippen LogP contribution in [0.2, 0.25) is 0 Å². The van der Waals surface area contributed by atoms with Crippen molar-refractivity contribution in [3.05, 3.63) is 90.9 Å².